The highest BCUT2D eigenvalue weighted by molar-refractivity contribution is 7.13. The molecule has 156 valence electrons. The summed E-state index contributed by atoms with van der Waals surface area (Å²) in [5.74, 6) is -6.90. The van der Waals surface area contributed by atoms with Crippen molar-refractivity contribution < 1.29 is 17.6 Å². The Bertz CT molecular complexity index is 1620. The van der Waals surface area contributed by atoms with Crippen molar-refractivity contribution in [3.8, 4) is 16.4 Å². The zero-order chi connectivity index (χ0) is 22.0. The fraction of sp³-hybridized carbons (Fsp3) is 0. The van der Waals surface area contributed by atoms with Crippen molar-refractivity contribution in [2.75, 3.05) is 0 Å². The number of rotatable bonds is 2. The Hall–Kier alpha value is -3.78. The Morgan fingerprint density at radius 3 is 1.81 bits per heavy atom. The van der Waals surface area contributed by atoms with Gasteiger partial charge in [0.2, 0.25) is 0 Å². The lowest BCUT2D eigenvalue weighted by molar-refractivity contribution is 0.417. The van der Waals surface area contributed by atoms with E-state index in [1.54, 1.807) is 46.3 Å². The average molecular weight is 449 g/mol. The number of thiophene rings is 1. The summed E-state index contributed by atoms with van der Waals surface area (Å²) >= 11 is 1.21. The maximum atomic E-state index is 15.3. The predicted octanol–water partition coefficient (Wildman–Crippen LogP) is 7.01. The summed E-state index contributed by atoms with van der Waals surface area (Å²) in [5, 5.41) is 10.8. The summed E-state index contributed by atoms with van der Waals surface area (Å²) in [6, 6.07) is 18.0. The van der Waals surface area contributed by atoms with Crippen LogP contribution in [0.4, 0.5) is 17.6 Å². The molecule has 3 aromatic heterocycles. The molecule has 0 saturated carbocycles. The Labute approximate surface area is 182 Å². The maximum absolute atomic E-state index is 15.3. The van der Waals surface area contributed by atoms with Crippen LogP contribution in [0.5, 0.6) is 0 Å². The van der Waals surface area contributed by atoms with Crippen molar-refractivity contribution in [1.82, 2.24) is 14.8 Å². The molecule has 0 aliphatic heterocycles. The summed E-state index contributed by atoms with van der Waals surface area (Å²) in [6.07, 6.45) is 0. The number of aromatic nitrogens is 3. The summed E-state index contributed by atoms with van der Waals surface area (Å²) in [7, 11) is 0. The van der Waals surface area contributed by atoms with E-state index in [0.717, 1.165) is 10.8 Å². The number of nitrogens with zero attached hydrogens (tertiary/aromatic N) is 3. The van der Waals surface area contributed by atoms with Gasteiger partial charge in [0.05, 0.1) is 26.7 Å². The van der Waals surface area contributed by atoms with Gasteiger partial charge in [-0.3, -0.25) is 4.57 Å². The normalized spacial score (nSPS) is 11.8. The van der Waals surface area contributed by atoms with Gasteiger partial charge in [0.15, 0.2) is 29.1 Å². The quantitative estimate of drug-likeness (QED) is 0.162. The van der Waals surface area contributed by atoms with Gasteiger partial charge < -0.3 is 0 Å². The molecule has 32 heavy (non-hydrogen) atoms. The molecule has 0 aliphatic rings. The van der Waals surface area contributed by atoms with Gasteiger partial charge in [0.25, 0.3) is 0 Å². The number of para-hydroxylation sites is 2. The van der Waals surface area contributed by atoms with E-state index in [1.807, 2.05) is 24.3 Å². The first-order valence-corrected chi connectivity index (χ1v) is 10.5. The topological polar surface area (TPSA) is 30.7 Å². The van der Waals surface area contributed by atoms with E-state index in [9.17, 15) is 8.78 Å². The summed E-state index contributed by atoms with van der Waals surface area (Å²) in [4.78, 5) is 0.459. The second-order valence-electron chi connectivity index (χ2n) is 7.23. The van der Waals surface area contributed by atoms with Crippen LogP contribution in [0.1, 0.15) is 0 Å². The van der Waals surface area contributed by atoms with Crippen LogP contribution in [0.3, 0.4) is 0 Å². The van der Waals surface area contributed by atoms with Crippen LogP contribution >= 0.6 is 11.3 Å². The minimum atomic E-state index is -1.89. The van der Waals surface area contributed by atoms with E-state index in [-0.39, 0.29) is 11.5 Å². The maximum Gasteiger partial charge on any atom is 0.198 e. The van der Waals surface area contributed by atoms with Gasteiger partial charge in [0.1, 0.15) is 5.69 Å². The number of benzene rings is 3. The standard InChI is InChI=1S/C24H11F4N3S/c25-19-17-18(20(26)22(28)21(19)27)24(30-29-23(17)16-10-5-11-32-16)31-14-8-3-1-6-12(14)13-7-2-4-9-15(13)31/h1-11H. The third-order valence-electron chi connectivity index (χ3n) is 5.52. The average Bonchev–Trinajstić information content (AvgIpc) is 3.47. The molecular weight excluding hydrogens is 438 g/mol. The first-order valence-electron chi connectivity index (χ1n) is 9.62. The molecule has 0 atom stereocenters. The zero-order valence-electron chi connectivity index (χ0n) is 16.1. The van der Waals surface area contributed by atoms with Crippen molar-refractivity contribution >= 4 is 43.9 Å². The van der Waals surface area contributed by atoms with E-state index in [2.05, 4.69) is 10.2 Å². The lowest BCUT2D eigenvalue weighted by Crippen LogP contribution is -2.08. The van der Waals surface area contributed by atoms with Crippen molar-refractivity contribution in [2.45, 2.75) is 0 Å². The first-order chi connectivity index (χ1) is 15.6. The third kappa shape index (κ3) is 2.47. The zero-order valence-corrected chi connectivity index (χ0v) is 16.9. The summed E-state index contributed by atoms with van der Waals surface area (Å²) < 4.78 is 60.6. The highest BCUT2D eigenvalue weighted by Gasteiger charge is 2.28. The largest absolute Gasteiger partial charge is 0.292 e. The highest BCUT2D eigenvalue weighted by atomic mass is 32.1. The van der Waals surface area contributed by atoms with Crippen LogP contribution < -0.4 is 0 Å². The van der Waals surface area contributed by atoms with Crippen molar-refractivity contribution in [1.29, 1.82) is 0 Å². The minimum absolute atomic E-state index is 0.0465. The number of halogens is 4. The van der Waals surface area contributed by atoms with Gasteiger partial charge in [-0.15, -0.1) is 21.5 Å². The lowest BCUT2D eigenvalue weighted by atomic mass is 10.1. The van der Waals surface area contributed by atoms with E-state index in [4.69, 9.17) is 0 Å². The van der Waals surface area contributed by atoms with E-state index >= 15 is 8.78 Å². The van der Waals surface area contributed by atoms with Crippen LogP contribution in [0.25, 0.3) is 49.0 Å². The minimum Gasteiger partial charge on any atom is -0.292 e. The fourth-order valence-electron chi connectivity index (χ4n) is 4.15. The van der Waals surface area contributed by atoms with Gasteiger partial charge in [-0.25, -0.2) is 17.6 Å². The van der Waals surface area contributed by atoms with E-state index < -0.39 is 34.0 Å². The molecule has 3 nitrogen and oxygen atoms in total. The number of hydrogen-bond donors (Lipinski definition) is 0. The molecule has 0 fully saturated rings. The second-order valence-corrected chi connectivity index (χ2v) is 8.17. The van der Waals surface area contributed by atoms with Gasteiger partial charge in [0, 0.05) is 10.8 Å². The van der Waals surface area contributed by atoms with Crippen molar-refractivity contribution in [2.24, 2.45) is 0 Å². The molecule has 0 saturated heterocycles. The van der Waals surface area contributed by atoms with Gasteiger partial charge >= 0.3 is 0 Å². The van der Waals surface area contributed by atoms with Crippen LogP contribution in [0.15, 0.2) is 66.0 Å². The Balaban J connectivity index is 1.85. The van der Waals surface area contributed by atoms with E-state index in [0.29, 0.717) is 15.9 Å². The van der Waals surface area contributed by atoms with Crippen molar-refractivity contribution in [3.63, 3.8) is 0 Å². The molecule has 6 rings (SSSR count). The van der Waals surface area contributed by atoms with Crippen LogP contribution in [0, 0.1) is 23.3 Å². The summed E-state index contributed by atoms with van der Waals surface area (Å²) in [6.45, 7) is 0. The highest BCUT2D eigenvalue weighted by Crippen LogP contribution is 2.39. The number of fused-ring (bicyclic) bond motifs is 4. The van der Waals surface area contributed by atoms with Gasteiger partial charge in [-0.1, -0.05) is 42.5 Å². The molecule has 3 aromatic carbocycles. The molecule has 8 heteroatoms. The fourth-order valence-corrected chi connectivity index (χ4v) is 4.87. The molecule has 0 spiro atoms. The van der Waals surface area contributed by atoms with Crippen LogP contribution in [0.2, 0.25) is 0 Å². The monoisotopic (exact) mass is 449 g/mol. The van der Waals surface area contributed by atoms with Gasteiger partial charge in [-0.2, -0.15) is 0 Å². The third-order valence-corrected chi connectivity index (χ3v) is 6.40. The molecule has 0 unspecified atom stereocenters. The summed E-state index contributed by atoms with van der Waals surface area (Å²) in [5.41, 5.74) is 1.25. The molecule has 0 N–H and O–H groups in total. The van der Waals surface area contributed by atoms with Gasteiger partial charge in [-0.05, 0) is 23.6 Å². The van der Waals surface area contributed by atoms with Crippen LogP contribution in [-0.2, 0) is 0 Å². The Morgan fingerprint density at radius 2 is 1.22 bits per heavy atom. The molecule has 0 radical (unpaired) electrons. The Morgan fingerprint density at radius 1 is 0.625 bits per heavy atom. The second kappa shape index (κ2) is 6.86. The van der Waals surface area contributed by atoms with Crippen molar-refractivity contribution in [3.05, 3.63) is 89.3 Å². The molecular formula is C24H11F4N3S. The molecule has 0 aliphatic carbocycles. The molecule has 6 aromatic rings. The smallest absolute Gasteiger partial charge is 0.198 e. The first kappa shape index (κ1) is 18.9. The van der Waals surface area contributed by atoms with E-state index in [1.165, 1.54) is 11.3 Å². The SMILES string of the molecule is Fc1c(F)c(F)c2c(-n3c4ccccc4c4ccccc43)nnc(-c3cccs3)c2c1F. The Kier molecular flexibility index (Phi) is 4.06. The molecule has 3 heterocycles. The molecule has 0 amide bonds. The lowest BCUT2D eigenvalue weighted by Gasteiger charge is -2.14. The van der Waals surface area contributed by atoms with Crippen LogP contribution in [-0.4, -0.2) is 14.8 Å². The molecule has 0 bridgehead atoms. The predicted molar refractivity (Wildman–Crippen MR) is 117 cm³/mol. The number of hydrogen-bond acceptors (Lipinski definition) is 3.